The zero-order chi connectivity index (χ0) is 18.6. The van der Waals surface area contributed by atoms with Crippen LogP contribution in [0.4, 0.5) is 0 Å². The summed E-state index contributed by atoms with van der Waals surface area (Å²) in [5, 5.41) is 22.0. The molecule has 0 radical (unpaired) electrons. The summed E-state index contributed by atoms with van der Waals surface area (Å²) >= 11 is 0. The van der Waals surface area contributed by atoms with Gasteiger partial charge in [-0.15, -0.1) is 0 Å². The molecule has 0 bridgehead atoms. The molecule has 0 aliphatic heterocycles. The van der Waals surface area contributed by atoms with E-state index in [0.717, 1.165) is 31.1 Å². The fourth-order valence-corrected chi connectivity index (χ4v) is 9.30. The fraction of sp³-hybridized carbons (Fsp3) is 0.917. The Hall–Kier alpha value is -0.340. The highest BCUT2D eigenvalue weighted by Gasteiger charge is 2.67. The third kappa shape index (κ3) is 1.87. The quantitative estimate of drug-likeness (QED) is 0.602. The summed E-state index contributed by atoms with van der Waals surface area (Å²) in [7, 11) is 0. The SMILES string of the molecule is CC1C[C@@H]2C1[C@@]1(C)CCC3=C(CC[C@H]4C(C)(C)[C@@H](O)CC[C@]34C)[C@H]1[C@@H]2O. The Kier molecular flexibility index (Phi) is 3.53. The van der Waals surface area contributed by atoms with Crippen molar-refractivity contribution in [2.24, 2.45) is 45.8 Å². The normalized spacial score (nSPS) is 57.6. The van der Waals surface area contributed by atoms with E-state index >= 15 is 0 Å². The lowest BCUT2D eigenvalue weighted by atomic mass is 9.45. The van der Waals surface area contributed by atoms with Crippen molar-refractivity contribution in [1.29, 1.82) is 0 Å². The molecule has 9 atom stereocenters. The smallest absolute Gasteiger partial charge is 0.0642 e. The molecule has 2 heteroatoms. The van der Waals surface area contributed by atoms with Gasteiger partial charge in [0, 0.05) is 5.92 Å². The summed E-state index contributed by atoms with van der Waals surface area (Å²) in [6, 6.07) is 0. The molecular formula is C24H38O2. The Morgan fingerprint density at radius 3 is 2.38 bits per heavy atom. The van der Waals surface area contributed by atoms with Gasteiger partial charge in [0.1, 0.15) is 0 Å². The summed E-state index contributed by atoms with van der Waals surface area (Å²) in [4.78, 5) is 0. The van der Waals surface area contributed by atoms with Crippen molar-refractivity contribution in [2.75, 3.05) is 0 Å². The van der Waals surface area contributed by atoms with Crippen molar-refractivity contribution in [3.05, 3.63) is 11.1 Å². The predicted molar refractivity (Wildman–Crippen MR) is 104 cm³/mol. The Balaban J connectivity index is 1.59. The maximum absolute atomic E-state index is 11.3. The average molecular weight is 359 g/mol. The van der Waals surface area contributed by atoms with Crippen LogP contribution in [0.5, 0.6) is 0 Å². The van der Waals surface area contributed by atoms with Crippen molar-refractivity contribution < 1.29 is 10.2 Å². The van der Waals surface area contributed by atoms with Crippen LogP contribution in [0.25, 0.3) is 0 Å². The van der Waals surface area contributed by atoms with E-state index in [1.807, 2.05) is 0 Å². The molecule has 0 aromatic heterocycles. The van der Waals surface area contributed by atoms with Crippen LogP contribution in [0, 0.1) is 45.8 Å². The molecule has 5 rings (SSSR count). The van der Waals surface area contributed by atoms with Gasteiger partial charge in [-0.2, -0.15) is 0 Å². The molecule has 26 heavy (non-hydrogen) atoms. The van der Waals surface area contributed by atoms with Crippen LogP contribution in [-0.4, -0.2) is 22.4 Å². The van der Waals surface area contributed by atoms with E-state index in [1.165, 1.54) is 25.7 Å². The van der Waals surface area contributed by atoms with Crippen molar-refractivity contribution >= 4 is 0 Å². The number of fused-ring (bicyclic) bond motifs is 6. The molecular weight excluding hydrogens is 320 g/mol. The highest BCUT2D eigenvalue weighted by Crippen LogP contribution is 2.71. The minimum absolute atomic E-state index is 0.00805. The van der Waals surface area contributed by atoms with Gasteiger partial charge in [-0.3, -0.25) is 0 Å². The van der Waals surface area contributed by atoms with Crippen LogP contribution < -0.4 is 0 Å². The number of rotatable bonds is 0. The molecule has 0 amide bonds. The molecule has 3 fully saturated rings. The fourth-order valence-electron chi connectivity index (χ4n) is 9.30. The monoisotopic (exact) mass is 358 g/mol. The van der Waals surface area contributed by atoms with E-state index in [1.54, 1.807) is 11.1 Å². The largest absolute Gasteiger partial charge is 0.393 e. The zero-order valence-corrected chi connectivity index (χ0v) is 17.4. The average Bonchev–Trinajstić information content (AvgIpc) is 2.73. The van der Waals surface area contributed by atoms with Gasteiger partial charge in [0.15, 0.2) is 0 Å². The van der Waals surface area contributed by atoms with Gasteiger partial charge in [0.2, 0.25) is 0 Å². The first-order valence-electron chi connectivity index (χ1n) is 11.2. The molecule has 0 aromatic rings. The first-order chi connectivity index (χ1) is 12.1. The molecule has 5 aliphatic carbocycles. The lowest BCUT2D eigenvalue weighted by molar-refractivity contribution is -0.0942. The van der Waals surface area contributed by atoms with E-state index < -0.39 is 0 Å². The minimum atomic E-state index is -0.162. The highest BCUT2D eigenvalue weighted by atomic mass is 16.3. The van der Waals surface area contributed by atoms with Gasteiger partial charge in [-0.1, -0.05) is 45.8 Å². The van der Waals surface area contributed by atoms with Crippen LogP contribution in [-0.2, 0) is 0 Å². The molecule has 5 aliphatic rings. The molecule has 0 saturated heterocycles. The first-order valence-corrected chi connectivity index (χ1v) is 11.2. The molecule has 2 N–H and O–H groups in total. The van der Waals surface area contributed by atoms with E-state index in [4.69, 9.17) is 0 Å². The molecule has 2 unspecified atom stereocenters. The van der Waals surface area contributed by atoms with Gasteiger partial charge in [0.25, 0.3) is 0 Å². The summed E-state index contributed by atoms with van der Waals surface area (Å²) in [6.45, 7) is 12.0. The predicted octanol–water partition coefficient (Wildman–Crippen LogP) is 4.94. The minimum Gasteiger partial charge on any atom is -0.393 e. The van der Waals surface area contributed by atoms with E-state index in [9.17, 15) is 10.2 Å². The second-order valence-electron chi connectivity index (χ2n) is 11.8. The molecule has 0 spiro atoms. The number of hydrogen-bond acceptors (Lipinski definition) is 2. The Morgan fingerprint density at radius 1 is 0.962 bits per heavy atom. The van der Waals surface area contributed by atoms with Crippen molar-refractivity contribution in [3.8, 4) is 0 Å². The second-order valence-corrected chi connectivity index (χ2v) is 11.8. The maximum Gasteiger partial charge on any atom is 0.0642 e. The zero-order valence-electron chi connectivity index (χ0n) is 17.4. The Bertz CT molecular complexity index is 663. The molecule has 3 saturated carbocycles. The van der Waals surface area contributed by atoms with Crippen LogP contribution in [0.3, 0.4) is 0 Å². The lowest BCUT2D eigenvalue weighted by Gasteiger charge is -2.60. The molecule has 146 valence electrons. The molecule has 2 nitrogen and oxygen atoms in total. The van der Waals surface area contributed by atoms with Crippen LogP contribution in [0.15, 0.2) is 11.1 Å². The topological polar surface area (TPSA) is 40.5 Å². The lowest BCUT2D eigenvalue weighted by Crippen LogP contribution is -2.54. The van der Waals surface area contributed by atoms with E-state index in [0.29, 0.717) is 23.2 Å². The van der Waals surface area contributed by atoms with E-state index in [2.05, 4.69) is 34.6 Å². The Labute approximate surface area is 159 Å². The number of aliphatic hydroxyl groups excluding tert-OH is 2. The third-order valence-corrected chi connectivity index (χ3v) is 10.5. The number of allylic oxidation sites excluding steroid dienone is 1. The first kappa shape index (κ1) is 17.7. The van der Waals surface area contributed by atoms with E-state index in [-0.39, 0.29) is 23.0 Å². The standard InChI is InChI=1S/C24H38O2/c1-13-12-15-19(13)24(5)10-8-16-14(20(24)21(15)26)6-7-17-22(2,3)18(25)9-11-23(16,17)4/h13,15,17-21,25-26H,6-12H2,1-5H3/t13?,15-,17+,18+,19?,20+,21-,23-,24-/m1/s1. The molecule has 0 aromatic carbocycles. The van der Waals surface area contributed by atoms with Crippen molar-refractivity contribution in [3.63, 3.8) is 0 Å². The van der Waals surface area contributed by atoms with Gasteiger partial charge in [-0.05, 0) is 84.9 Å². The summed E-state index contributed by atoms with van der Waals surface area (Å²) in [5.41, 5.74) is 3.95. The number of aliphatic hydroxyl groups is 2. The maximum atomic E-state index is 11.3. The van der Waals surface area contributed by atoms with Gasteiger partial charge in [0.05, 0.1) is 12.2 Å². The summed E-state index contributed by atoms with van der Waals surface area (Å²) < 4.78 is 0. The van der Waals surface area contributed by atoms with Gasteiger partial charge < -0.3 is 10.2 Å². The summed E-state index contributed by atoms with van der Waals surface area (Å²) in [6.07, 6.45) is 7.90. The van der Waals surface area contributed by atoms with Gasteiger partial charge >= 0.3 is 0 Å². The van der Waals surface area contributed by atoms with Crippen LogP contribution >= 0.6 is 0 Å². The summed E-state index contributed by atoms with van der Waals surface area (Å²) in [5.74, 6) is 3.09. The van der Waals surface area contributed by atoms with Crippen molar-refractivity contribution in [1.82, 2.24) is 0 Å². The van der Waals surface area contributed by atoms with Crippen LogP contribution in [0.2, 0.25) is 0 Å². The Morgan fingerprint density at radius 2 is 1.69 bits per heavy atom. The van der Waals surface area contributed by atoms with Crippen LogP contribution in [0.1, 0.15) is 79.6 Å². The number of hydrogen-bond donors (Lipinski definition) is 2. The highest BCUT2D eigenvalue weighted by molar-refractivity contribution is 5.37. The van der Waals surface area contributed by atoms with Gasteiger partial charge in [-0.25, -0.2) is 0 Å². The van der Waals surface area contributed by atoms with Crippen molar-refractivity contribution in [2.45, 2.75) is 91.8 Å². The molecule has 0 heterocycles. The third-order valence-electron chi connectivity index (χ3n) is 10.5. The second kappa shape index (κ2) is 5.17.